The van der Waals surface area contributed by atoms with Gasteiger partial charge in [-0.3, -0.25) is 0 Å². The summed E-state index contributed by atoms with van der Waals surface area (Å²) in [6, 6.07) is -0.383. The minimum absolute atomic E-state index is 0.383. The zero-order valence-corrected chi connectivity index (χ0v) is 10.8. The third kappa shape index (κ3) is 2.41. The highest BCUT2D eigenvalue weighted by atomic mass is 79.9. The lowest BCUT2D eigenvalue weighted by Gasteiger charge is -2.03. The van der Waals surface area contributed by atoms with Crippen LogP contribution in [0.1, 0.15) is 25.5 Å². The van der Waals surface area contributed by atoms with E-state index in [2.05, 4.69) is 43.5 Å². The highest BCUT2D eigenvalue weighted by Gasteiger charge is 2.17. The molecular formula is C9H11BrN6O. The Morgan fingerprint density at radius 2 is 2.29 bits per heavy atom. The van der Waals surface area contributed by atoms with Gasteiger partial charge in [-0.05, 0) is 28.8 Å². The van der Waals surface area contributed by atoms with Crippen LogP contribution in [0.3, 0.4) is 0 Å². The molecule has 8 heteroatoms. The minimum atomic E-state index is -0.383. The molecule has 0 spiro atoms. The molecule has 0 radical (unpaired) electrons. The van der Waals surface area contributed by atoms with E-state index >= 15 is 0 Å². The molecule has 0 N–H and O–H groups in total. The van der Waals surface area contributed by atoms with Gasteiger partial charge in [0, 0.05) is 0 Å². The van der Waals surface area contributed by atoms with E-state index < -0.39 is 0 Å². The van der Waals surface area contributed by atoms with Crippen molar-refractivity contribution in [3.8, 4) is 0 Å². The van der Waals surface area contributed by atoms with Crippen molar-refractivity contribution in [3.63, 3.8) is 0 Å². The van der Waals surface area contributed by atoms with Gasteiger partial charge in [0.1, 0.15) is 0 Å². The third-order valence-corrected chi connectivity index (χ3v) is 2.90. The molecule has 0 aromatic carbocycles. The lowest BCUT2D eigenvalue weighted by atomic mass is 10.2. The first-order valence-corrected chi connectivity index (χ1v) is 6.04. The maximum atomic E-state index is 12.0. The van der Waals surface area contributed by atoms with E-state index in [1.165, 1.54) is 17.1 Å². The van der Waals surface area contributed by atoms with Crippen molar-refractivity contribution in [1.29, 1.82) is 0 Å². The van der Waals surface area contributed by atoms with E-state index in [0.717, 1.165) is 29.6 Å². The second kappa shape index (κ2) is 5.17. The van der Waals surface area contributed by atoms with Gasteiger partial charge < -0.3 is 0 Å². The van der Waals surface area contributed by atoms with Crippen LogP contribution in [-0.4, -0.2) is 36.0 Å². The normalized spacial score (nSPS) is 10.7. The zero-order chi connectivity index (χ0) is 12.3. The van der Waals surface area contributed by atoms with E-state index in [1.54, 1.807) is 0 Å². The number of unbranched alkanes of at least 4 members (excludes halogenated alkanes) is 1. The number of rotatable bonds is 3. The van der Waals surface area contributed by atoms with Gasteiger partial charge in [-0.1, -0.05) is 23.8 Å². The van der Waals surface area contributed by atoms with Crippen LogP contribution >= 0.6 is 15.9 Å². The molecule has 2 aromatic heterocycles. The second-order valence-electron chi connectivity index (χ2n) is 3.47. The largest absolute Gasteiger partial charge is 0.372 e. The molecule has 90 valence electrons. The Bertz CT molecular complexity index is 506. The Labute approximate surface area is 106 Å². The Morgan fingerprint density at radius 1 is 1.47 bits per heavy atom. The van der Waals surface area contributed by atoms with Crippen LogP contribution in [-0.2, 0) is 6.42 Å². The molecule has 0 bridgehead atoms. The molecule has 0 amide bonds. The smallest absolute Gasteiger partial charge is 0.243 e. The monoisotopic (exact) mass is 298 g/mol. The molecule has 2 aromatic rings. The Kier molecular flexibility index (Phi) is 3.62. The Balaban J connectivity index is 2.29. The lowest BCUT2D eigenvalue weighted by molar-refractivity contribution is 0.236. The van der Waals surface area contributed by atoms with E-state index in [9.17, 15) is 4.79 Å². The van der Waals surface area contributed by atoms with Gasteiger partial charge in [-0.25, -0.2) is 4.79 Å². The molecule has 0 aliphatic carbocycles. The second-order valence-corrected chi connectivity index (χ2v) is 4.22. The fourth-order valence-corrected chi connectivity index (χ4v) is 1.83. The number of aromatic nitrogens is 6. The molecule has 0 aliphatic rings. The summed E-state index contributed by atoms with van der Waals surface area (Å²) in [6.07, 6.45) is 5.66. The molecule has 0 aliphatic heterocycles. The topological polar surface area (TPSA) is 78.5 Å². The molecule has 2 rings (SSSR count). The molecule has 0 unspecified atom stereocenters. The first-order valence-electron chi connectivity index (χ1n) is 5.25. The predicted molar refractivity (Wildman–Crippen MR) is 62.5 cm³/mol. The van der Waals surface area contributed by atoms with Crippen LogP contribution in [0.4, 0.5) is 4.79 Å². The number of carbonyl (C=O) groups excluding carboxylic acids is 1. The summed E-state index contributed by atoms with van der Waals surface area (Å²) in [4.78, 5) is 12.0. The average Bonchev–Trinajstić information content (AvgIpc) is 2.95. The van der Waals surface area contributed by atoms with Crippen LogP contribution in [0, 0.1) is 0 Å². The molecular weight excluding hydrogens is 288 g/mol. The summed E-state index contributed by atoms with van der Waals surface area (Å²) in [5.74, 6) is 0. The van der Waals surface area contributed by atoms with Gasteiger partial charge in [0.05, 0.1) is 18.1 Å². The maximum absolute atomic E-state index is 12.0. The first kappa shape index (κ1) is 11.9. The molecule has 0 saturated heterocycles. The molecule has 7 nitrogen and oxygen atoms in total. The highest BCUT2D eigenvalue weighted by Crippen LogP contribution is 2.15. The van der Waals surface area contributed by atoms with E-state index in [-0.39, 0.29) is 6.03 Å². The van der Waals surface area contributed by atoms with E-state index in [0.29, 0.717) is 4.60 Å². The molecule has 0 saturated carbocycles. The summed E-state index contributed by atoms with van der Waals surface area (Å²) >= 11 is 3.29. The number of nitrogens with zero attached hydrogens (tertiary/aromatic N) is 6. The lowest BCUT2D eigenvalue weighted by Crippen LogP contribution is -2.23. The van der Waals surface area contributed by atoms with Crippen molar-refractivity contribution in [2.24, 2.45) is 0 Å². The molecule has 0 fully saturated rings. The van der Waals surface area contributed by atoms with E-state index in [4.69, 9.17) is 0 Å². The van der Waals surface area contributed by atoms with Crippen LogP contribution in [0.2, 0.25) is 0 Å². The standard InChI is InChI=1S/C9H11BrN6O/c1-2-3-4-7-8(10)12-14-16(7)9(17)15-6-5-11-13-15/h5-6H,2-4H2,1H3. The fourth-order valence-electron chi connectivity index (χ4n) is 1.40. The highest BCUT2D eigenvalue weighted by molar-refractivity contribution is 9.10. The number of halogens is 1. The molecule has 17 heavy (non-hydrogen) atoms. The van der Waals surface area contributed by atoms with Gasteiger partial charge in [0.25, 0.3) is 0 Å². The van der Waals surface area contributed by atoms with Crippen LogP contribution in [0.5, 0.6) is 0 Å². The van der Waals surface area contributed by atoms with Crippen LogP contribution in [0.25, 0.3) is 0 Å². The number of hydrogen-bond donors (Lipinski definition) is 0. The van der Waals surface area contributed by atoms with Gasteiger partial charge in [-0.15, -0.1) is 10.2 Å². The molecule has 0 atom stereocenters. The van der Waals surface area contributed by atoms with Crippen molar-refractivity contribution < 1.29 is 4.79 Å². The van der Waals surface area contributed by atoms with Gasteiger partial charge >= 0.3 is 6.03 Å². The van der Waals surface area contributed by atoms with Crippen molar-refractivity contribution in [1.82, 2.24) is 30.0 Å². The number of hydrogen-bond acceptors (Lipinski definition) is 5. The van der Waals surface area contributed by atoms with Crippen molar-refractivity contribution >= 4 is 22.0 Å². The number of carbonyl (C=O) groups is 1. The Morgan fingerprint density at radius 3 is 2.94 bits per heavy atom. The quantitative estimate of drug-likeness (QED) is 0.858. The van der Waals surface area contributed by atoms with Crippen LogP contribution < -0.4 is 0 Å². The maximum Gasteiger partial charge on any atom is 0.372 e. The zero-order valence-electron chi connectivity index (χ0n) is 9.25. The Hall–Kier alpha value is -1.57. The summed E-state index contributed by atoms with van der Waals surface area (Å²) in [5, 5.41) is 14.9. The fraction of sp³-hybridized carbons (Fsp3) is 0.444. The summed E-state index contributed by atoms with van der Waals surface area (Å²) in [7, 11) is 0. The van der Waals surface area contributed by atoms with Crippen molar-refractivity contribution in [3.05, 3.63) is 22.7 Å². The summed E-state index contributed by atoms with van der Waals surface area (Å²) in [5.41, 5.74) is 0.757. The van der Waals surface area contributed by atoms with Crippen LogP contribution in [0.15, 0.2) is 17.0 Å². The SMILES string of the molecule is CCCCc1c(Br)nnn1C(=O)n1ccnn1. The summed E-state index contributed by atoms with van der Waals surface area (Å²) < 4.78 is 2.96. The predicted octanol–water partition coefficient (Wildman–Crippen LogP) is 1.49. The summed E-state index contributed by atoms with van der Waals surface area (Å²) in [6.45, 7) is 2.08. The minimum Gasteiger partial charge on any atom is -0.243 e. The van der Waals surface area contributed by atoms with Gasteiger partial charge in [0.15, 0.2) is 4.60 Å². The third-order valence-electron chi connectivity index (χ3n) is 2.28. The van der Waals surface area contributed by atoms with Crippen molar-refractivity contribution in [2.75, 3.05) is 0 Å². The average molecular weight is 299 g/mol. The first-order chi connectivity index (χ1) is 8.24. The van der Waals surface area contributed by atoms with Crippen molar-refractivity contribution in [2.45, 2.75) is 26.2 Å². The molecule has 2 heterocycles. The van der Waals surface area contributed by atoms with E-state index in [1.807, 2.05) is 0 Å². The van der Waals surface area contributed by atoms with Gasteiger partial charge in [-0.2, -0.15) is 9.36 Å². The van der Waals surface area contributed by atoms with Gasteiger partial charge in [0.2, 0.25) is 0 Å².